The number of carbonyl (C=O) groups excluding carboxylic acids is 1. The third kappa shape index (κ3) is 4.18. The van der Waals surface area contributed by atoms with Crippen LogP contribution in [0, 0.1) is 5.41 Å². The highest BCUT2D eigenvalue weighted by atomic mass is 16.3. The number of aliphatic hydroxyl groups excluding tert-OH is 1. The van der Waals surface area contributed by atoms with Crippen molar-refractivity contribution in [3.63, 3.8) is 0 Å². The van der Waals surface area contributed by atoms with Crippen molar-refractivity contribution >= 4 is 5.91 Å². The van der Waals surface area contributed by atoms with Crippen molar-refractivity contribution in [2.45, 2.75) is 46.1 Å². The van der Waals surface area contributed by atoms with E-state index in [1.54, 1.807) is 0 Å². The standard InChI is InChI=1S/C11H24N2O2/c1-5-11(12,6-2)9(15)13-7-10(3,4)8-14/h14H,5-8,12H2,1-4H3,(H,13,15). The summed E-state index contributed by atoms with van der Waals surface area (Å²) in [5, 5.41) is 11.8. The monoisotopic (exact) mass is 216 g/mol. The second-order valence-corrected chi connectivity index (χ2v) is 4.87. The molecule has 0 radical (unpaired) electrons. The Labute approximate surface area is 92.2 Å². The van der Waals surface area contributed by atoms with Crippen LogP contribution in [0.3, 0.4) is 0 Å². The summed E-state index contributed by atoms with van der Waals surface area (Å²) in [6.45, 7) is 8.08. The summed E-state index contributed by atoms with van der Waals surface area (Å²) in [4.78, 5) is 11.8. The maximum atomic E-state index is 11.8. The van der Waals surface area contributed by atoms with Gasteiger partial charge in [0.25, 0.3) is 0 Å². The molecule has 0 unspecified atom stereocenters. The summed E-state index contributed by atoms with van der Waals surface area (Å²) in [6.07, 6.45) is 1.24. The van der Waals surface area contributed by atoms with Gasteiger partial charge in [-0.2, -0.15) is 0 Å². The molecule has 0 aliphatic carbocycles. The third-order valence-corrected chi connectivity index (χ3v) is 2.87. The molecule has 15 heavy (non-hydrogen) atoms. The number of nitrogens with two attached hydrogens (primary N) is 1. The molecule has 0 heterocycles. The number of aliphatic hydroxyl groups is 1. The van der Waals surface area contributed by atoms with E-state index in [2.05, 4.69) is 5.32 Å². The van der Waals surface area contributed by atoms with Gasteiger partial charge in [0.15, 0.2) is 0 Å². The summed E-state index contributed by atoms with van der Waals surface area (Å²) in [6, 6.07) is 0. The van der Waals surface area contributed by atoms with Crippen molar-refractivity contribution in [3.8, 4) is 0 Å². The fourth-order valence-electron chi connectivity index (χ4n) is 1.12. The van der Waals surface area contributed by atoms with E-state index < -0.39 is 5.54 Å². The summed E-state index contributed by atoms with van der Waals surface area (Å²) >= 11 is 0. The molecule has 0 aromatic carbocycles. The lowest BCUT2D eigenvalue weighted by molar-refractivity contribution is -0.127. The zero-order valence-corrected chi connectivity index (χ0v) is 10.3. The Bertz CT molecular complexity index is 211. The molecule has 0 saturated heterocycles. The predicted molar refractivity (Wildman–Crippen MR) is 61.4 cm³/mol. The van der Waals surface area contributed by atoms with E-state index in [9.17, 15) is 4.79 Å². The Balaban J connectivity index is 4.26. The lowest BCUT2D eigenvalue weighted by atomic mass is 9.91. The molecule has 0 aromatic heterocycles. The number of nitrogens with one attached hydrogen (secondary N) is 1. The largest absolute Gasteiger partial charge is 0.396 e. The smallest absolute Gasteiger partial charge is 0.240 e. The highest BCUT2D eigenvalue weighted by molar-refractivity contribution is 5.85. The summed E-state index contributed by atoms with van der Waals surface area (Å²) < 4.78 is 0. The van der Waals surface area contributed by atoms with Crippen LogP contribution in [0.4, 0.5) is 0 Å². The zero-order chi connectivity index (χ0) is 12.1. The van der Waals surface area contributed by atoms with Crippen LogP contribution in [-0.2, 0) is 4.79 Å². The van der Waals surface area contributed by atoms with Crippen molar-refractivity contribution in [3.05, 3.63) is 0 Å². The van der Waals surface area contributed by atoms with Gasteiger partial charge in [-0.1, -0.05) is 27.7 Å². The van der Waals surface area contributed by atoms with Gasteiger partial charge in [0.05, 0.1) is 5.54 Å². The average Bonchev–Trinajstić information content (AvgIpc) is 2.24. The molecule has 4 N–H and O–H groups in total. The van der Waals surface area contributed by atoms with Crippen molar-refractivity contribution in [1.29, 1.82) is 0 Å². The van der Waals surface area contributed by atoms with Gasteiger partial charge in [-0.05, 0) is 12.8 Å². The second kappa shape index (κ2) is 5.47. The molecule has 1 amide bonds. The van der Waals surface area contributed by atoms with Gasteiger partial charge < -0.3 is 16.2 Å². The topological polar surface area (TPSA) is 75.4 Å². The van der Waals surface area contributed by atoms with Crippen molar-refractivity contribution in [2.24, 2.45) is 11.1 Å². The third-order valence-electron chi connectivity index (χ3n) is 2.87. The Hall–Kier alpha value is -0.610. The van der Waals surface area contributed by atoms with Gasteiger partial charge in [0.1, 0.15) is 0 Å². The minimum atomic E-state index is -0.772. The Morgan fingerprint density at radius 3 is 2.13 bits per heavy atom. The van der Waals surface area contributed by atoms with Crippen molar-refractivity contribution in [1.82, 2.24) is 5.32 Å². The van der Waals surface area contributed by atoms with Crippen LogP contribution in [0.15, 0.2) is 0 Å². The van der Waals surface area contributed by atoms with Crippen molar-refractivity contribution in [2.75, 3.05) is 13.2 Å². The van der Waals surface area contributed by atoms with Gasteiger partial charge in [0.2, 0.25) is 5.91 Å². The van der Waals surface area contributed by atoms with Crippen LogP contribution < -0.4 is 11.1 Å². The Morgan fingerprint density at radius 2 is 1.80 bits per heavy atom. The molecule has 4 nitrogen and oxygen atoms in total. The first-order valence-corrected chi connectivity index (χ1v) is 5.49. The molecular formula is C11H24N2O2. The quantitative estimate of drug-likeness (QED) is 0.610. The summed E-state index contributed by atoms with van der Waals surface area (Å²) in [7, 11) is 0. The first kappa shape index (κ1) is 14.4. The van der Waals surface area contributed by atoms with E-state index in [-0.39, 0.29) is 17.9 Å². The normalized spacial score (nSPS) is 12.7. The molecule has 0 aliphatic heterocycles. The number of carbonyl (C=O) groups is 1. The second-order valence-electron chi connectivity index (χ2n) is 4.87. The van der Waals surface area contributed by atoms with Crippen molar-refractivity contribution < 1.29 is 9.90 Å². The van der Waals surface area contributed by atoms with Crippen LogP contribution in [0.2, 0.25) is 0 Å². The summed E-state index contributed by atoms with van der Waals surface area (Å²) in [5.74, 6) is -0.131. The maximum absolute atomic E-state index is 11.8. The highest BCUT2D eigenvalue weighted by Crippen LogP contribution is 2.14. The minimum Gasteiger partial charge on any atom is -0.396 e. The van der Waals surface area contributed by atoms with Gasteiger partial charge in [0, 0.05) is 18.6 Å². The molecule has 0 fully saturated rings. The van der Waals surface area contributed by atoms with Gasteiger partial charge >= 0.3 is 0 Å². The first-order valence-electron chi connectivity index (χ1n) is 5.49. The van der Waals surface area contributed by atoms with Gasteiger partial charge in [-0.15, -0.1) is 0 Å². The number of rotatable bonds is 6. The average molecular weight is 216 g/mol. The maximum Gasteiger partial charge on any atom is 0.240 e. The fourth-order valence-corrected chi connectivity index (χ4v) is 1.12. The fraction of sp³-hybridized carbons (Fsp3) is 0.909. The lowest BCUT2D eigenvalue weighted by Crippen LogP contribution is -2.54. The number of amides is 1. The highest BCUT2D eigenvalue weighted by Gasteiger charge is 2.30. The molecule has 0 spiro atoms. The van der Waals surface area contributed by atoms with Crippen LogP contribution in [-0.4, -0.2) is 29.7 Å². The molecule has 0 rings (SSSR count). The summed E-state index contributed by atoms with van der Waals surface area (Å²) in [5.41, 5.74) is 4.87. The molecule has 90 valence electrons. The van der Waals surface area contributed by atoms with E-state index >= 15 is 0 Å². The van der Waals surface area contributed by atoms with Gasteiger partial charge in [-0.3, -0.25) is 4.79 Å². The van der Waals surface area contributed by atoms with Crippen LogP contribution in [0.25, 0.3) is 0 Å². The van der Waals surface area contributed by atoms with E-state index in [1.807, 2.05) is 27.7 Å². The van der Waals surface area contributed by atoms with Crippen LogP contribution in [0.1, 0.15) is 40.5 Å². The molecule has 4 heteroatoms. The molecular weight excluding hydrogens is 192 g/mol. The SMILES string of the molecule is CCC(N)(CC)C(=O)NCC(C)(C)CO. The number of hydrogen-bond acceptors (Lipinski definition) is 3. The van der Waals surface area contributed by atoms with Gasteiger partial charge in [-0.25, -0.2) is 0 Å². The lowest BCUT2D eigenvalue weighted by Gasteiger charge is -2.28. The Kier molecular flexibility index (Phi) is 5.24. The van der Waals surface area contributed by atoms with E-state index in [4.69, 9.17) is 10.8 Å². The van der Waals surface area contributed by atoms with E-state index in [1.165, 1.54) is 0 Å². The van der Waals surface area contributed by atoms with E-state index in [0.29, 0.717) is 19.4 Å². The molecule has 0 aliphatic rings. The van der Waals surface area contributed by atoms with Crippen LogP contribution >= 0.6 is 0 Å². The predicted octanol–water partition coefficient (Wildman–Crippen LogP) is 0.639. The zero-order valence-electron chi connectivity index (χ0n) is 10.3. The number of hydrogen-bond donors (Lipinski definition) is 3. The first-order chi connectivity index (χ1) is 6.81. The molecule has 0 aromatic rings. The minimum absolute atomic E-state index is 0.0447. The molecule has 0 saturated carbocycles. The Morgan fingerprint density at radius 1 is 1.33 bits per heavy atom. The molecule has 0 bridgehead atoms. The van der Waals surface area contributed by atoms with E-state index in [0.717, 1.165) is 0 Å². The van der Waals surface area contributed by atoms with Crippen LogP contribution in [0.5, 0.6) is 0 Å². The molecule has 0 atom stereocenters.